The number of aromatic carboxylic acids is 1. The lowest BCUT2D eigenvalue weighted by Crippen LogP contribution is -2.09. The maximum Gasteiger partial charge on any atom is 0.355 e. The first-order chi connectivity index (χ1) is 7.51. The van der Waals surface area contributed by atoms with Crippen LogP contribution in [0.3, 0.4) is 0 Å². The zero-order chi connectivity index (χ0) is 12.3. The summed E-state index contributed by atoms with van der Waals surface area (Å²) in [5, 5.41) is 17.6. The zero-order valence-electron chi connectivity index (χ0n) is 7.75. The van der Waals surface area contributed by atoms with Crippen molar-refractivity contribution in [2.24, 2.45) is 0 Å². The Morgan fingerprint density at radius 1 is 1.69 bits per heavy atom. The number of halogens is 3. The predicted molar refractivity (Wildman–Crippen MR) is 53.5 cm³/mol. The first-order valence-electron chi connectivity index (χ1n) is 4.02. The highest BCUT2D eigenvalue weighted by Gasteiger charge is 2.20. The standard InChI is InChI=1S/C9H5BrF2N2O2/c10-2-4-1-6(8(11)12)14-7(9(15)16)5(4)3-13/h1,8H,2H2,(H,15,16). The van der Waals surface area contributed by atoms with E-state index in [0.717, 1.165) is 6.07 Å². The van der Waals surface area contributed by atoms with Gasteiger partial charge < -0.3 is 5.11 Å². The largest absolute Gasteiger partial charge is 0.476 e. The Morgan fingerprint density at radius 2 is 2.31 bits per heavy atom. The third-order valence-electron chi connectivity index (χ3n) is 1.80. The summed E-state index contributed by atoms with van der Waals surface area (Å²) < 4.78 is 24.8. The van der Waals surface area contributed by atoms with Crippen molar-refractivity contribution in [3.63, 3.8) is 0 Å². The summed E-state index contributed by atoms with van der Waals surface area (Å²) in [7, 11) is 0. The van der Waals surface area contributed by atoms with Crippen molar-refractivity contribution in [1.29, 1.82) is 5.26 Å². The Balaban J connectivity index is 3.51. The van der Waals surface area contributed by atoms with Gasteiger partial charge in [0.05, 0.1) is 5.56 Å². The molecule has 0 aromatic carbocycles. The summed E-state index contributed by atoms with van der Waals surface area (Å²) in [5.74, 6) is -1.50. The Kier molecular flexibility index (Phi) is 3.90. The van der Waals surface area contributed by atoms with Crippen LogP contribution in [-0.4, -0.2) is 16.1 Å². The highest BCUT2D eigenvalue weighted by atomic mass is 79.9. The average molecular weight is 291 g/mol. The molecule has 0 radical (unpaired) electrons. The summed E-state index contributed by atoms with van der Waals surface area (Å²) in [5.41, 5.74) is -1.31. The molecule has 0 fully saturated rings. The van der Waals surface area contributed by atoms with Gasteiger partial charge in [-0.3, -0.25) is 0 Å². The molecule has 1 aromatic heterocycles. The summed E-state index contributed by atoms with van der Waals surface area (Å²) in [6.45, 7) is 0. The van der Waals surface area contributed by atoms with E-state index in [0.29, 0.717) is 0 Å². The number of carbonyl (C=O) groups is 1. The highest BCUT2D eigenvalue weighted by Crippen LogP contribution is 2.23. The fraction of sp³-hybridized carbons (Fsp3) is 0.222. The minimum atomic E-state index is -2.87. The third kappa shape index (κ3) is 2.33. The van der Waals surface area contributed by atoms with Crippen molar-refractivity contribution >= 4 is 21.9 Å². The van der Waals surface area contributed by atoms with E-state index in [2.05, 4.69) is 20.9 Å². The van der Waals surface area contributed by atoms with Gasteiger partial charge in [-0.25, -0.2) is 18.6 Å². The van der Waals surface area contributed by atoms with E-state index in [1.807, 2.05) is 0 Å². The molecule has 0 bridgehead atoms. The lowest BCUT2D eigenvalue weighted by Gasteiger charge is -2.06. The minimum Gasteiger partial charge on any atom is -0.476 e. The van der Waals surface area contributed by atoms with Gasteiger partial charge in [0.25, 0.3) is 6.43 Å². The van der Waals surface area contributed by atoms with Gasteiger partial charge in [-0.2, -0.15) is 5.26 Å². The first kappa shape index (κ1) is 12.5. The second kappa shape index (κ2) is 4.99. The number of carboxylic acid groups (broad SMARTS) is 1. The van der Waals surface area contributed by atoms with Crippen LogP contribution in [0.2, 0.25) is 0 Å². The first-order valence-corrected chi connectivity index (χ1v) is 5.14. The smallest absolute Gasteiger partial charge is 0.355 e. The molecule has 1 aromatic rings. The molecule has 84 valence electrons. The molecule has 0 amide bonds. The molecular weight excluding hydrogens is 286 g/mol. The van der Waals surface area contributed by atoms with Crippen LogP contribution in [-0.2, 0) is 5.33 Å². The van der Waals surface area contributed by atoms with Gasteiger partial charge in [-0.05, 0) is 11.6 Å². The molecule has 1 N–H and O–H groups in total. The zero-order valence-corrected chi connectivity index (χ0v) is 9.33. The monoisotopic (exact) mass is 290 g/mol. The topological polar surface area (TPSA) is 74.0 Å². The van der Waals surface area contributed by atoms with Gasteiger partial charge in [-0.1, -0.05) is 15.9 Å². The number of alkyl halides is 3. The van der Waals surface area contributed by atoms with Crippen LogP contribution in [0.25, 0.3) is 0 Å². The Labute approximate surface area is 97.7 Å². The van der Waals surface area contributed by atoms with Crippen molar-refractivity contribution in [3.05, 3.63) is 28.6 Å². The van der Waals surface area contributed by atoms with Crippen LogP contribution < -0.4 is 0 Å². The quantitative estimate of drug-likeness (QED) is 0.868. The normalized spacial score (nSPS) is 10.2. The summed E-state index contributed by atoms with van der Waals surface area (Å²) in [6, 6.07) is 2.66. The molecule has 16 heavy (non-hydrogen) atoms. The van der Waals surface area contributed by atoms with E-state index < -0.39 is 23.8 Å². The van der Waals surface area contributed by atoms with Crippen LogP contribution in [0, 0.1) is 11.3 Å². The summed E-state index contributed by atoms with van der Waals surface area (Å²) >= 11 is 3.00. The van der Waals surface area contributed by atoms with Crippen molar-refractivity contribution in [2.45, 2.75) is 11.8 Å². The van der Waals surface area contributed by atoms with Crippen LogP contribution in [0.1, 0.15) is 33.7 Å². The van der Waals surface area contributed by atoms with Gasteiger partial charge in [0.2, 0.25) is 0 Å². The number of nitriles is 1. The number of pyridine rings is 1. The molecule has 0 aliphatic heterocycles. The molecule has 1 rings (SSSR count). The van der Waals surface area contributed by atoms with Gasteiger partial charge in [0.15, 0.2) is 5.69 Å². The van der Waals surface area contributed by atoms with Gasteiger partial charge >= 0.3 is 5.97 Å². The molecule has 0 saturated carbocycles. The van der Waals surface area contributed by atoms with Crippen molar-refractivity contribution in [2.75, 3.05) is 0 Å². The van der Waals surface area contributed by atoms with Gasteiger partial charge in [-0.15, -0.1) is 0 Å². The second-order valence-corrected chi connectivity index (χ2v) is 3.34. The molecule has 0 aliphatic carbocycles. The van der Waals surface area contributed by atoms with Gasteiger partial charge in [0.1, 0.15) is 11.8 Å². The minimum absolute atomic E-state index is 0.110. The predicted octanol–water partition coefficient (Wildman–Crippen LogP) is 2.48. The third-order valence-corrected chi connectivity index (χ3v) is 2.41. The Hall–Kier alpha value is -1.55. The molecule has 0 aliphatic rings. The molecule has 4 nitrogen and oxygen atoms in total. The number of hydrogen-bond donors (Lipinski definition) is 1. The molecule has 1 heterocycles. The Bertz CT molecular complexity index is 471. The van der Waals surface area contributed by atoms with E-state index in [1.165, 1.54) is 0 Å². The number of rotatable bonds is 3. The Morgan fingerprint density at radius 3 is 2.69 bits per heavy atom. The van der Waals surface area contributed by atoms with E-state index >= 15 is 0 Å². The molecule has 0 saturated heterocycles. The maximum atomic E-state index is 12.4. The molecule has 0 atom stereocenters. The fourth-order valence-corrected chi connectivity index (χ4v) is 1.56. The highest BCUT2D eigenvalue weighted by molar-refractivity contribution is 9.08. The summed E-state index contributed by atoms with van der Waals surface area (Å²) in [4.78, 5) is 14.0. The average Bonchev–Trinajstić information content (AvgIpc) is 2.26. The summed E-state index contributed by atoms with van der Waals surface area (Å²) in [6.07, 6.45) is -2.87. The number of carboxylic acids is 1. The lowest BCUT2D eigenvalue weighted by atomic mass is 10.1. The van der Waals surface area contributed by atoms with Crippen LogP contribution in [0.5, 0.6) is 0 Å². The molecule has 0 spiro atoms. The van der Waals surface area contributed by atoms with Gasteiger partial charge in [0, 0.05) is 5.33 Å². The number of nitrogens with zero attached hydrogens (tertiary/aromatic N) is 2. The van der Waals surface area contributed by atoms with Crippen molar-refractivity contribution in [3.8, 4) is 6.07 Å². The molecule has 7 heteroatoms. The van der Waals surface area contributed by atoms with E-state index in [4.69, 9.17) is 10.4 Å². The van der Waals surface area contributed by atoms with E-state index in [1.54, 1.807) is 6.07 Å². The molecular formula is C9H5BrF2N2O2. The maximum absolute atomic E-state index is 12.4. The van der Waals surface area contributed by atoms with E-state index in [-0.39, 0.29) is 16.5 Å². The van der Waals surface area contributed by atoms with Crippen LogP contribution in [0.4, 0.5) is 8.78 Å². The van der Waals surface area contributed by atoms with E-state index in [9.17, 15) is 13.6 Å². The van der Waals surface area contributed by atoms with Crippen molar-refractivity contribution in [1.82, 2.24) is 4.98 Å². The molecule has 0 unspecified atom stereocenters. The van der Waals surface area contributed by atoms with Crippen molar-refractivity contribution < 1.29 is 18.7 Å². The lowest BCUT2D eigenvalue weighted by molar-refractivity contribution is 0.0688. The number of aromatic nitrogens is 1. The SMILES string of the molecule is N#Cc1c(CBr)cc(C(F)F)nc1C(=O)O. The van der Waals surface area contributed by atoms with Crippen LogP contribution >= 0.6 is 15.9 Å². The number of hydrogen-bond acceptors (Lipinski definition) is 3. The second-order valence-electron chi connectivity index (χ2n) is 2.78. The fourth-order valence-electron chi connectivity index (χ4n) is 1.12. The van der Waals surface area contributed by atoms with Crippen LogP contribution in [0.15, 0.2) is 6.07 Å².